The summed E-state index contributed by atoms with van der Waals surface area (Å²) in [5, 5.41) is 0. The van der Waals surface area contributed by atoms with Crippen molar-refractivity contribution in [1.82, 2.24) is 9.97 Å². The number of fused-ring (bicyclic) bond motifs is 3. The third kappa shape index (κ3) is 0.939. The normalized spacial score (nSPS) is 11.1. The maximum absolute atomic E-state index is 4.32. The van der Waals surface area contributed by atoms with Crippen LogP contribution in [0.1, 0.15) is 0 Å². The second-order valence-corrected chi connectivity index (χ2v) is 3.73. The van der Waals surface area contributed by atoms with Crippen LogP contribution in [0.25, 0.3) is 21.5 Å². The van der Waals surface area contributed by atoms with Gasteiger partial charge in [-0.15, -0.1) is 11.3 Å². The molecule has 0 atom stereocenters. The molecule has 1 aromatic heterocycles. The van der Waals surface area contributed by atoms with E-state index < -0.39 is 0 Å². The first kappa shape index (κ1) is 6.97. The third-order valence-corrected chi connectivity index (χ3v) is 2.87. The van der Waals surface area contributed by atoms with Gasteiger partial charge in [-0.2, -0.15) is 0 Å². The molecular weight excluding hydrogens is 180 g/mol. The Labute approximate surface area is 79.2 Å². The topological polar surface area (TPSA) is 25.8 Å². The number of hydrogen-bond donors (Lipinski definition) is 0. The summed E-state index contributed by atoms with van der Waals surface area (Å²) in [6.45, 7) is 0. The van der Waals surface area contributed by atoms with Gasteiger partial charge in [0.15, 0.2) is 0 Å². The molecule has 0 spiro atoms. The molecule has 2 nitrogen and oxygen atoms in total. The molecule has 1 aromatic rings. The highest BCUT2D eigenvalue weighted by Crippen LogP contribution is 2.28. The van der Waals surface area contributed by atoms with Crippen LogP contribution in [0.2, 0.25) is 0 Å². The van der Waals surface area contributed by atoms with Crippen molar-refractivity contribution in [3.63, 3.8) is 0 Å². The van der Waals surface area contributed by atoms with Gasteiger partial charge in [0.25, 0.3) is 0 Å². The van der Waals surface area contributed by atoms with Gasteiger partial charge in [0.2, 0.25) is 0 Å². The summed E-state index contributed by atoms with van der Waals surface area (Å²) in [4.78, 5) is 8.62. The minimum absolute atomic E-state index is 1.00. The van der Waals surface area contributed by atoms with E-state index in [0.717, 1.165) is 16.8 Å². The van der Waals surface area contributed by atoms with Crippen molar-refractivity contribution in [2.75, 3.05) is 0 Å². The van der Waals surface area contributed by atoms with Gasteiger partial charge in [0.05, 0.1) is 15.9 Å². The minimum atomic E-state index is 1.00. The van der Waals surface area contributed by atoms with Crippen molar-refractivity contribution < 1.29 is 0 Å². The van der Waals surface area contributed by atoms with Crippen molar-refractivity contribution in [1.29, 1.82) is 0 Å². The second kappa shape index (κ2) is 2.50. The molecule has 0 fully saturated rings. The lowest BCUT2D eigenvalue weighted by Crippen LogP contribution is -1.72. The molecule has 0 amide bonds. The van der Waals surface area contributed by atoms with Crippen LogP contribution in [-0.2, 0) is 0 Å². The lowest BCUT2D eigenvalue weighted by molar-refractivity contribution is 1.40. The summed E-state index contributed by atoms with van der Waals surface area (Å²) in [6, 6.07) is 8.20. The van der Waals surface area contributed by atoms with E-state index in [1.807, 2.05) is 23.8 Å². The number of aromatic nitrogens is 2. The zero-order valence-electron chi connectivity index (χ0n) is 6.77. The third-order valence-electron chi connectivity index (χ3n) is 2.07. The SMILES string of the molecule is c1cc2ccnc-2c2ncsc2c1. The molecule has 3 rings (SSSR count). The first-order valence-electron chi connectivity index (χ1n) is 4.02. The van der Waals surface area contributed by atoms with Crippen molar-refractivity contribution in [3.05, 3.63) is 36.0 Å². The van der Waals surface area contributed by atoms with Crippen LogP contribution in [0, 0.1) is 0 Å². The molecule has 2 heterocycles. The molecule has 13 heavy (non-hydrogen) atoms. The van der Waals surface area contributed by atoms with Gasteiger partial charge in [0.1, 0.15) is 5.52 Å². The Morgan fingerprint density at radius 2 is 2.08 bits per heavy atom. The van der Waals surface area contributed by atoms with Gasteiger partial charge in [-0.3, -0.25) is 4.98 Å². The van der Waals surface area contributed by atoms with Crippen LogP contribution in [-0.4, -0.2) is 9.97 Å². The summed E-state index contributed by atoms with van der Waals surface area (Å²) < 4.78 is 1.19. The van der Waals surface area contributed by atoms with Crippen LogP contribution >= 0.6 is 11.3 Å². The number of thiazole rings is 1. The van der Waals surface area contributed by atoms with E-state index >= 15 is 0 Å². The predicted molar refractivity (Wildman–Crippen MR) is 54.0 cm³/mol. The van der Waals surface area contributed by atoms with Gasteiger partial charge in [-0.1, -0.05) is 12.1 Å². The summed E-state index contributed by atoms with van der Waals surface area (Å²) >= 11 is 1.65. The molecule has 1 aliphatic heterocycles. The zero-order chi connectivity index (χ0) is 8.67. The Morgan fingerprint density at radius 3 is 3.08 bits per heavy atom. The highest BCUT2D eigenvalue weighted by molar-refractivity contribution is 7.16. The molecule has 0 radical (unpaired) electrons. The summed E-state index contributed by atoms with van der Waals surface area (Å²) in [6.07, 6.45) is 1.82. The zero-order valence-corrected chi connectivity index (χ0v) is 7.58. The van der Waals surface area contributed by atoms with Gasteiger partial charge in [-0.05, 0) is 12.1 Å². The smallest absolute Gasteiger partial charge is 0.107 e. The van der Waals surface area contributed by atoms with Crippen LogP contribution in [0.3, 0.4) is 0 Å². The fraction of sp³-hybridized carbons (Fsp3) is 0. The van der Waals surface area contributed by atoms with Crippen LogP contribution in [0.15, 0.2) is 36.0 Å². The molecule has 62 valence electrons. The van der Waals surface area contributed by atoms with Crippen molar-refractivity contribution in [3.8, 4) is 11.3 Å². The average molecular weight is 186 g/mol. The molecule has 0 N–H and O–H groups in total. The molecule has 2 aliphatic rings. The first-order valence-corrected chi connectivity index (χ1v) is 4.90. The van der Waals surface area contributed by atoms with Gasteiger partial charge < -0.3 is 0 Å². The minimum Gasteiger partial charge on any atom is -0.254 e. The van der Waals surface area contributed by atoms with Gasteiger partial charge in [-0.25, -0.2) is 4.98 Å². The molecule has 0 bridgehead atoms. The van der Waals surface area contributed by atoms with Crippen LogP contribution in [0.4, 0.5) is 0 Å². The fourth-order valence-corrected chi connectivity index (χ4v) is 2.16. The lowest BCUT2D eigenvalue weighted by Gasteiger charge is -1.88. The van der Waals surface area contributed by atoms with E-state index in [1.54, 1.807) is 11.3 Å². The lowest BCUT2D eigenvalue weighted by atomic mass is 10.2. The molecular formula is C10H6N2S. The summed E-state index contributed by atoms with van der Waals surface area (Å²) in [5.74, 6) is 0. The first-order chi connectivity index (χ1) is 6.45. The van der Waals surface area contributed by atoms with E-state index in [9.17, 15) is 0 Å². The number of rotatable bonds is 0. The Hall–Kier alpha value is -1.48. The molecule has 0 aromatic carbocycles. The predicted octanol–water partition coefficient (Wildman–Crippen LogP) is 2.80. The van der Waals surface area contributed by atoms with E-state index in [1.165, 1.54) is 4.70 Å². The Balaban J connectivity index is 2.58. The Morgan fingerprint density at radius 1 is 1.08 bits per heavy atom. The number of hydrogen-bond acceptors (Lipinski definition) is 3. The molecule has 0 saturated carbocycles. The molecule has 1 aliphatic carbocycles. The largest absolute Gasteiger partial charge is 0.254 e. The van der Waals surface area contributed by atoms with E-state index in [4.69, 9.17) is 0 Å². The van der Waals surface area contributed by atoms with Crippen molar-refractivity contribution in [2.24, 2.45) is 0 Å². The monoisotopic (exact) mass is 186 g/mol. The standard InChI is InChI=1S/C10H6N2S/c1-2-7-4-5-11-9(7)10-8(3-1)13-6-12-10/h1-6H. The van der Waals surface area contributed by atoms with Crippen molar-refractivity contribution in [2.45, 2.75) is 0 Å². The highest BCUT2D eigenvalue weighted by Gasteiger charge is 2.07. The van der Waals surface area contributed by atoms with E-state index in [0.29, 0.717) is 0 Å². The summed E-state index contributed by atoms with van der Waals surface area (Å²) in [7, 11) is 0. The quantitative estimate of drug-likeness (QED) is 0.539. The Bertz CT molecular complexity index is 529. The van der Waals surface area contributed by atoms with Crippen LogP contribution < -0.4 is 0 Å². The van der Waals surface area contributed by atoms with Crippen LogP contribution in [0.5, 0.6) is 0 Å². The number of nitrogens with zero attached hydrogens (tertiary/aromatic N) is 2. The van der Waals surface area contributed by atoms with Gasteiger partial charge in [0, 0.05) is 11.8 Å². The fourth-order valence-electron chi connectivity index (χ4n) is 1.47. The highest BCUT2D eigenvalue weighted by atomic mass is 32.1. The summed E-state index contributed by atoms with van der Waals surface area (Å²) in [5.41, 5.74) is 5.02. The Kier molecular flexibility index (Phi) is 1.34. The maximum Gasteiger partial charge on any atom is 0.107 e. The van der Waals surface area contributed by atoms with Crippen molar-refractivity contribution >= 4 is 21.6 Å². The average Bonchev–Trinajstić information content (AvgIpc) is 2.72. The van der Waals surface area contributed by atoms with E-state index in [2.05, 4.69) is 22.1 Å². The van der Waals surface area contributed by atoms with E-state index in [-0.39, 0.29) is 0 Å². The maximum atomic E-state index is 4.32. The second-order valence-electron chi connectivity index (χ2n) is 2.84. The molecule has 0 saturated heterocycles. The molecule has 0 unspecified atom stereocenters. The molecule has 3 heteroatoms. The van der Waals surface area contributed by atoms with Gasteiger partial charge >= 0.3 is 0 Å².